The Bertz CT molecular complexity index is 1320. The summed E-state index contributed by atoms with van der Waals surface area (Å²) in [4.78, 5) is 9.88. The molecule has 3 aromatic rings. The number of unbranched alkanes of at least 4 members (excludes halogenated alkanes) is 5. The monoisotopic (exact) mass is 668 g/mol. The molecular formula is C41H58N2NiO2. The van der Waals surface area contributed by atoms with Gasteiger partial charge < -0.3 is 10.2 Å². The minimum absolute atomic E-state index is 0. The molecular weight excluding hydrogens is 611 g/mol. The molecule has 0 aliphatic heterocycles. The van der Waals surface area contributed by atoms with Crippen LogP contribution in [-0.2, 0) is 42.2 Å². The average molecular weight is 670 g/mol. The molecule has 0 unspecified atom stereocenters. The molecule has 5 heteroatoms. The molecule has 0 N–H and O–H groups in total. The van der Waals surface area contributed by atoms with E-state index in [1.54, 1.807) is 12.1 Å². The Labute approximate surface area is 290 Å². The fourth-order valence-corrected chi connectivity index (χ4v) is 5.52. The van der Waals surface area contributed by atoms with Gasteiger partial charge in [-0.25, -0.2) is 0 Å². The van der Waals surface area contributed by atoms with Gasteiger partial charge in [-0.3, -0.25) is 9.98 Å². The van der Waals surface area contributed by atoms with E-state index in [2.05, 4.69) is 59.7 Å². The molecule has 0 aliphatic carbocycles. The first kappa shape index (κ1) is 41.1. The average Bonchev–Trinajstić information content (AvgIpc) is 3.04. The summed E-state index contributed by atoms with van der Waals surface area (Å²) >= 11 is 0. The summed E-state index contributed by atoms with van der Waals surface area (Å²) in [5.74, 6) is -0.702. The van der Waals surface area contributed by atoms with Crippen LogP contribution in [0.4, 0.5) is 11.4 Å². The van der Waals surface area contributed by atoms with Crippen LogP contribution in [0.15, 0.2) is 70.6 Å². The Morgan fingerprint density at radius 1 is 0.522 bits per heavy atom. The van der Waals surface area contributed by atoms with Crippen molar-refractivity contribution in [1.82, 2.24) is 0 Å². The number of hydrogen-bond acceptors (Lipinski definition) is 4. The maximum absolute atomic E-state index is 11.4. The van der Waals surface area contributed by atoms with Gasteiger partial charge in [0, 0.05) is 0 Å². The zero-order chi connectivity index (χ0) is 32.9. The van der Waals surface area contributed by atoms with E-state index in [-0.39, 0.29) is 28.0 Å². The number of aliphatic imine (C=N–C) groups is 2. The molecule has 0 fully saturated rings. The number of para-hydroxylation sites is 1. The molecule has 0 atom stereocenters. The summed E-state index contributed by atoms with van der Waals surface area (Å²) in [6, 6.07) is 20.1. The van der Waals surface area contributed by atoms with Crippen molar-refractivity contribution in [1.29, 1.82) is 0 Å². The second kappa shape index (κ2) is 24.3. The smallest absolute Gasteiger partial charge is 0.873 e. The largest absolute Gasteiger partial charge is 2.00 e. The van der Waals surface area contributed by atoms with Gasteiger partial charge in [0.05, 0.1) is 22.8 Å². The molecule has 0 saturated heterocycles. The number of hydrogen-bond donors (Lipinski definition) is 0. The molecule has 3 rings (SSSR count). The van der Waals surface area contributed by atoms with Crippen molar-refractivity contribution < 1.29 is 26.7 Å². The predicted molar refractivity (Wildman–Crippen MR) is 192 cm³/mol. The number of aryl methyl sites for hydroxylation is 4. The molecule has 4 nitrogen and oxygen atoms in total. The number of rotatable bonds is 18. The van der Waals surface area contributed by atoms with E-state index >= 15 is 0 Å². The van der Waals surface area contributed by atoms with Crippen molar-refractivity contribution in [3.05, 3.63) is 82.9 Å². The van der Waals surface area contributed by atoms with Crippen molar-refractivity contribution in [3.8, 4) is 11.5 Å². The fraction of sp³-hybridized carbons (Fsp3) is 0.512. The molecule has 0 amide bonds. The molecule has 0 radical (unpaired) electrons. The molecule has 0 aromatic heterocycles. The van der Waals surface area contributed by atoms with Gasteiger partial charge in [-0.15, -0.1) is 11.5 Å². The van der Waals surface area contributed by atoms with Crippen molar-refractivity contribution in [3.63, 3.8) is 0 Å². The normalized spacial score (nSPS) is 11.5. The third-order valence-electron chi connectivity index (χ3n) is 8.10. The number of benzene rings is 3. The zero-order valence-electron chi connectivity index (χ0n) is 29.4. The van der Waals surface area contributed by atoms with E-state index in [0.717, 1.165) is 91.7 Å². The Morgan fingerprint density at radius 3 is 1.65 bits per heavy atom. The molecule has 46 heavy (non-hydrogen) atoms. The van der Waals surface area contributed by atoms with Gasteiger partial charge in [0.25, 0.3) is 0 Å². The summed E-state index contributed by atoms with van der Waals surface area (Å²) in [6.45, 7) is 13.1. The Morgan fingerprint density at radius 2 is 1.07 bits per heavy atom. The fourth-order valence-electron chi connectivity index (χ4n) is 5.52. The predicted octanol–water partition coefficient (Wildman–Crippen LogP) is 10.9. The summed E-state index contributed by atoms with van der Waals surface area (Å²) in [7, 11) is 0. The maximum atomic E-state index is 11.4. The van der Waals surface area contributed by atoms with Crippen LogP contribution in [0.1, 0.15) is 134 Å². The van der Waals surface area contributed by atoms with Crippen LogP contribution in [0.25, 0.3) is 0 Å². The molecule has 254 valence electrons. The second-order valence-corrected chi connectivity index (χ2v) is 12.1. The van der Waals surface area contributed by atoms with E-state index in [1.165, 1.54) is 49.7 Å². The minimum atomic E-state index is -0.352. The third kappa shape index (κ3) is 15.1. The van der Waals surface area contributed by atoms with E-state index < -0.39 is 0 Å². The van der Waals surface area contributed by atoms with Crippen LogP contribution in [0.5, 0.6) is 11.5 Å². The van der Waals surface area contributed by atoms with Gasteiger partial charge in [-0.05, 0) is 105 Å². The third-order valence-corrected chi connectivity index (χ3v) is 8.10. The van der Waals surface area contributed by atoms with Crippen molar-refractivity contribution in [2.24, 2.45) is 9.98 Å². The quantitative estimate of drug-likeness (QED) is 0.0768. The molecule has 0 heterocycles. The minimum Gasteiger partial charge on any atom is -0.873 e. The zero-order valence-corrected chi connectivity index (χ0v) is 30.4. The molecule has 3 aromatic carbocycles. The summed E-state index contributed by atoms with van der Waals surface area (Å²) < 4.78 is 0. The summed E-state index contributed by atoms with van der Waals surface area (Å²) in [5.41, 5.74) is 9.32. The van der Waals surface area contributed by atoms with Crippen LogP contribution in [0.2, 0.25) is 0 Å². The van der Waals surface area contributed by atoms with Gasteiger partial charge in [0.15, 0.2) is 0 Å². The van der Waals surface area contributed by atoms with E-state index in [4.69, 9.17) is 9.98 Å². The van der Waals surface area contributed by atoms with Crippen LogP contribution in [0, 0.1) is 0 Å². The first-order valence-corrected chi connectivity index (χ1v) is 17.7. The van der Waals surface area contributed by atoms with Gasteiger partial charge in [0.1, 0.15) is 0 Å². The van der Waals surface area contributed by atoms with Crippen molar-refractivity contribution >= 4 is 22.8 Å². The maximum Gasteiger partial charge on any atom is 2.00 e. The van der Waals surface area contributed by atoms with E-state index in [9.17, 15) is 10.2 Å². The molecule has 0 bridgehead atoms. The molecule has 0 spiro atoms. The number of nitrogens with zero attached hydrogens (tertiary/aromatic N) is 2. The molecule has 0 aliphatic rings. The van der Waals surface area contributed by atoms with Gasteiger partial charge in [-0.1, -0.05) is 116 Å². The molecule has 0 saturated carbocycles. The topological polar surface area (TPSA) is 70.8 Å². The van der Waals surface area contributed by atoms with E-state index in [0.29, 0.717) is 0 Å². The van der Waals surface area contributed by atoms with Crippen LogP contribution in [0.3, 0.4) is 0 Å². The SMILES string of the molecule is CCCCCC(=Nc1ccc(CCC)c(CCC)c1)C(C)=Nc1ccccc1.CCCCCc1cc([O-])c([O-])cc1CCCC.[Ni+2]. The van der Waals surface area contributed by atoms with Crippen molar-refractivity contribution in [2.45, 2.75) is 138 Å². The van der Waals surface area contributed by atoms with Crippen molar-refractivity contribution in [2.75, 3.05) is 0 Å². The Balaban J connectivity index is 0.000000505. The Kier molecular flexibility index (Phi) is 21.7. The van der Waals surface area contributed by atoms with E-state index in [1.807, 2.05) is 30.3 Å². The van der Waals surface area contributed by atoms with Crippen LogP contribution < -0.4 is 10.2 Å². The van der Waals surface area contributed by atoms with Gasteiger partial charge in [0.2, 0.25) is 0 Å². The first-order chi connectivity index (χ1) is 21.9. The summed E-state index contributed by atoms with van der Waals surface area (Å²) in [6.07, 6.45) is 16.7. The Hall–Kier alpha value is -2.91. The van der Waals surface area contributed by atoms with Crippen LogP contribution in [-0.4, -0.2) is 11.4 Å². The van der Waals surface area contributed by atoms with Crippen LogP contribution >= 0.6 is 0 Å². The standard InChI is InChI=1S/C26H36N2.C15H24O2.Ni/c1-5-8-10-17-26(21(4)27-24-15-11-9-12-16-24)28-25-19-18-22(13-6-2)23(20-25)14-7-3;1-3-5-7-9-13-11-15(17)14(16)10-12(13)8-6-4-2;/h9,11-12,15-16,18-20H,5-8,10,13-14,17H2,1-4H3;10-11,16-17H,3-9H2,1-2H3;/q;;+2/p-2. The van der Waals surface area contributed by atoms with Gasteiger partial charge >= 0.3 is 16.5 Å². The summed E-state index contributed by atoms with van der Waals surface area (Å²) in [5, 5.41) is 22.8. The van der Waals surface area contributed by atoms with Gasteiger partial charge in [-0.2, -0.15) is 0 Å². The first-order valence-electron chi connectivity index (χ1n) is 17.7. The second-order valence-electron chi connectivity index (χ2n) is 12.1.